The molecule has 0 saturated heterocycles. The third-order valence-electron chi connectivity index (χ3n) is 3.38. The Kier molecular flexibility index (Phi) is 6.16. The largest absolute Gasteiger partial charge is 0.325 e. The smallest absolute Gasteiger partial charge is 0.225 e. The lowest BCUT2D eigenvalue weighted by molar-refractivity contribution is -0.116. The molecule has 118 valence electrons. The number of carbonyl (C=O) groups is 1. The monoisotopic (exact) mass is 327 g/mol. The van der Waals surface area contributed by atoms with Crippen LogP contribution >= 0.6 is 11.6 Å². The van der Waals surface area contributed by atoms with Crippen LogP contribution < -0.4 is 5.32 Å². The summed E-state index contributed by atoms with van der Waals surface area (Å²) in [6, 6.07) is 16.7. The predicted molar refractivity (Wildman–Crippen MR) is 92.2 cm³/mol. The van der Waals surface area contributed by atoms with E-state index in [1.54, 1.807) is 24.3 Å². The van der Waals surface area contributed by atoms with Crippen molar-refractivity contribution in [2.45, 2.75) is 13.0 Å². The van der Waals surface area contributed by atoms with Crippen LogP contribution in [0.2, 0.25) is 5.02 Å². The van der Waals surface area contributed by atoms with Crippen LogP contribution in [0.25, 0.3) is 0 Å². The normalized spacial score (nSPS) is 10.3. The SMILES string of the molecule is CN(CCC(=O)Nc1ccccc1C#N)Cc1cccc(Cl)c1. The number of halogens is 1. The lowest BCUT2D eigenvalue weighted by Crippen LogP contribution is -2.24. The van der Waals surface area contributed by atoms with Gasteiger partial charge in [-0.3, -0.25) is 4.79 Å². The molecule has 0 aliphatic heterocycles. The van der Waals surface area contributed by atoms with Crippen LogP contribution in [0.5, 0.6) is 0 Å². The summed E-state index contributed by atoms with van der Waals surface area (Å²) < 4.78 is 0. The Hall–Kier alpha value is -2.35. The van der Waals surface area contributed by atoms with E-state index in [-0.39, 0.29) is 5.91 Å². The summed E-state index contributed by atoms with van der Waals surface area (Å²) in [5, 5.41) is 12.5. The van der Waals surface area contributed by atoms with Gasteiger partial charge in [0.15, 0.2) is 0 Å². The molecule has 0 aliphatic rings. The summed E-state index contributed by atoms with van der Waals surface area (Å²) >= 11 is 5.97. The molecule has 0 saturated carbocycles. The molecule has 5 heteroatoms. The fourth-order valence-electron chi connectivity index (χ4n) is 2.22. The standard InChI is InChI=1S/C18H18ClN3O/c1-22(13-14-5-4-7-16(19)11-14)10-9-18(23)21-17-8-3-2-6-15(17)12-20/h2-8,11H,9-10,13H2,1H3,(H,21,23). The van der Waals surface area contributed by atoms with Crippen LogP contribution in [0, 0.1) is 11.3 Å². The van der Waals surface area contributed by atoms with Gasteiger partial charge in [-0.2, -0.15) is 5.26 Å². The molecule has 0 fully saturated rings. The second-order valence-electron chi connectivity index (χ2n) is 5.32. The van der Waals surface area contributed by atoms with Gasteiger partial charge in [0.05, 0.1) is 11.3 Å². The van der Waals surface area contributed by atoms with Crippen LogP contribution in [0.15, 0.2) is 48.5 Å². The van der Waals surface area contributed by atoms with Crippen molar-refractivity contribution in [3.63, 3.8) is 0 Å². The fourth-order valence-corrected chi connectivity index (χ4v) is 2.43. The fraction of sp³-hybridized carbons (Fsp3) is 0.222. The van der Waals surface area contributed by atoms with E-state index in [2.05, 4.69) is 16.3 Å². The molecule has 2 aromatic rings. The number of benzene rings is 2. The number of para-hydroxylation sites is 1. The Morgan fingerprint density at radius 1 is 1.26 bits per heavy atom. The van der Waals surface area contributed by atoms with Gasteiger partial charge in [0.2, 0.25) is 5.91 Å². The minimum absolute atomic E-state index is 0.106. The predicted octanol–water partition coefficient (Wildman–Crippen LogP) is 3.67. The average Bonchev–Trinajstić information content (AvgIpc) is 2.53. The maximum Gasteiger partial charge on any atom is 0.225 e. The lowest BCUT2D eigenvalue weighted by Gasteiger charge is -2.16. The van der Waals surface area contributed by atoms with E-state index in [0.717, 1.165) is 12.1 Å². The summed E-state index contributed by atoms with van der Waals surface area (Å²) in [6.07, 6.45) is 0.358. The highest BCUT2D eigenvalue weighted by molar-refractivity contribution is 6.30. The Balaban J connectivity index is 1.83. The highest BCUT2D eigenvalue weighted by atomic mass is 35.5. The molecule has 0 atom stereocenters. The molecule has 2 rings (SSSR count). The molecule has 1 N–H and O–H groups in total. The summed E-state index contributed by atoms with van der Waals surface area (Å²) in [5.74, 6) is -0.106. The number of carbonyl (C=O) groups excluding carboxylic acids is 1. The Morgan fingerprint density at radius 2 is 2.04 bits per heavy atom. The first-order valence-corrected chi connectivity index (χ1v) is 7.68. The van der Waals surface area contributed by atoms with Crippen molar-refractivity contribution in [2.75, 3.05) is 18.9 Å². The zero-order valence-corrected chi connectivity index (χ0v) is 13.7. The van der Waals surface area contributed by atoms with Gasteiger partial charge in [-0.15, -0.1) is 0 Å². The van der Waals surface area contributed by atoms with Crippen molar-refractivity contribution in [1.29, 1.82) is 5.26 Å². The molecule has 0 aliphatic carbocycles. The summed E-state index contributed by atoms with van der Waals surface area (Å²) in [5.41, 5.74) is 2.13. The minimum atomic E-state index is -0.106. The van der Waals surface area contributed by atoms with Crippen molar-refractivity contribution < 1.29 is 4.79 Å². The van der Waals surface area contributed by atoms with Crippen molar-refractivity contribution in [2.24, 2.45) is 0 Å². The van der Waals surface area contributed by atoms with Gasteiger partial charge in [0.25, 0.3) is 0 Å². The quantitative estimate of drug-likeness (QED) is 0.880. The van der Waals surface area contributed by atoms with Gasteiger partial charge < -0.3 is 10.2 Å². The molecule has 0 radical (unpaired) electrons. The molecule has 0 aromatic heterocycles. The Labute approximate surface area is 141 Å². The topological polar surface area (TPSA) is 56.1 Å². The number of nitrogens with zero attached hydrogens (tertiary/aromatic N) is 2. The van der Waals surface area contributed by atoms with E-state index in [4.69, 9.17) is 16.9 Å². The van der Waals surface area contributed by atoms with Gasteiger partial charge >= 0.3 is 0 Å². The molecule has 0 bridgehead atoms. The van der Waals surface area contributed by atoms with E-state index in [9.17, 15) is 4.79 Å². The van der Waals surface area contributed by atoms with Crippen molar-refractivity contribution in [3.8, 4) is 6.07 Å². The van der Waals surface area contributed by atoms with E-state index < -0.39 is 0 Å². The first-order valence-electron chi connectivity index (χ1n) is 7.30. The maximum atomic E-state index is 12.0. The molecule has 2 aromatic carbocycles. The highest BCUT2D eigenvalue weighted by Crippen LogP contribution is 2.14. The van der Waals surface area contributed by atoms with Crippen molar-refractivity contribution in [1.82, 2.24) is 4.90 Å². The van der Waals surface area contributed by atoms with Crippen LogP contribution in [0.3, 0.4) is 0 Å². The second-order valence-corrected chi connectivity index (χ2v) is 5.76. The van der Waals surface area contributed by atoms with Crippen LogP contribution in [-0.4, -0.2) is 24.4 Å². The maximum absolute atomic E-state index is 12.0. The molecule has 0 unspecified atom stereocenters. The number of anilines is 1. The number of nitrogens with one attached hydrogen (secondary N) is 1. The number of amides is 1. The number of hydrogen-bond acceptors (Lipinski definition) is 3. The molecular weight excluding hydrogens is 310 g/mol. The van der Waals surface area contributed by atoms with Gasteiger partial charge in [-0.05, 0) is 36.9 Å². The van der Waals surface area contributed by atoms with Gasteiger partial charge in [-0.25, -0.2) is 0 Å². The molecule has 0 heterocycles. The summed E-state index contributed by atoms with van der Waals surface area (Å²) in [6.45, 7) is 1.34. The number of hydrogen-bond donors (Lipinski definition) is 1. The Bertz CT molecular complexity index is 724. The second kappa shape index (κ2) is 8.33. The zero-order valence-electron chi connectivity index (χ0n) is 12.9. The minimum Gasteiger partial charge on any atom is -0.325 e. The van der Waals surface area contributed by atoms with Gasteiger partial charge in [-0.1, -0.05) is 35.9 Å². The van der Waals surface area contributed by atoms with E-state index >= 15 is 0 Å². The summed E-state index contributed by atoms with van der Waals surface area (Å²) in [7, 11) is 1.96. The van der Waals surface area contributed by atoms with Crippen molar-refractivity contribution >= 4 is 23.2 Å². The molecule has 1 amide bonds. The van der Waals surface area contributed by atoms with E-state index in [1.807, 2.05) is 31.3 Å². The number of nitriles is 1. The third-order valence-corrected chi connectivity index (χ3v) is 3.62. The van der Waals surface area contributed by atoms with E-state index in [1.165, 1.54) is 0 Å². The number of rotatable bonds is 6. The molecule has 4 nitrogen and oxygen atoms in total. The van der Waals surface area contributed by atoms with Crippen LogP contribution in [0.4, 0.5) is 5.69 Å². The lowest BCUT2D eigenvalue weighted by atomic mass is 10.2. The Morgan fingerprint density at radius 3 is 2.78 bits per heavy atom. The molecule has 0 spiro atoms. The van der Waals surface area contributed by atoms with Crippen LogP contribution in [-0.2, 0) is 11.3 Å². The van der Waals surface area contributed by atoms with Crippen molar-refractivity contribution in [3.05, 3.63) is 64.7 Å². The average molecular weight is 328 g/mol. The van der Waals surface area contributed by atoms with Gasteiger partial charge in [0.1, 0.15) is 6.07 Å². The van der Waals surface area contributed by atoms with Crippen LogP contribution in [0.1, 0.15) is 17.5 Å². The van der Waals surface area contributed by atoms with E-state index in [0.29, 0.717) is 29.2 Å². The molecule has 23 heavy (non-hydrogen) atoms. The summed E-state index contributed by atoms with van der Waals surface area (Å²) in [4.78, 5) is 14.1. The highest BCUT2D eigenvalue weighted by Gasteiger charge is 2.08. The zero-order chi connectivity index (χ0) is 16.7. The first kappa shape index (κ1) is 17.0. The van der Waals surface area contributed by atoms with Gasteiger partial charge in [0, 0.05) is 24.5 Å². The third kappa shape index (κ3) is 5.41. The molecular formula is C18H18ClN3O. The first-order chi connectivity index (χ1) is 11.1.